The second-order valence-electron chi connectivity index (χ2n) is 4.97. The number of carbonyl (C=O) groups is 3. The highest BCUT2D eigenvalue weighted by molar-refractivity contribution is 5.86. The minimum atomic E-state index is -1.43. The van der Waals surface area contributed by atoms with Crippen molar-refractivity contribution in [3.63, 3.8) is 0 Å². The van der Waals surface area contributed by atoms with Gasteiger partial charge in [-0.3, -0.25) is 4.79 Å². The van der Waals surface area contributed by atoms with Gasteiger partial charge >= 0.3 is 18.0 Å². The van der Waals surface area contributed by atoms with E-state index in [4.69, 9.17) is 14.9 Å². The molecule has 1 atom stereocenters. The highest BCUT2D eigenvalue weighted by atomic mass is 16.5. The Kier molecular flexibility index (Phi) is 4.71. The summed E-state index contributed by atoms with van der Waals surface area (Å²) in [5.74, 6) is -2.65. The molecule has 0 radical (unpaired) electrons. The summed E-state index contributed by atoms with van der Waals surface area (Å²) in [6.07, 6.45) is -0.658. The lowest BCUT2D eigenvalue weighted by molar-refractivity contribution is -0.145. The highest BCUT2D eigenvalue weighted by Crippen LogP contribution is 2.16. The molecule has 1 fully saturated rings. The van der Waals surface area contributed by atoms with Crippen LogP contribution in [0.5, 0.6) is 0 Å². The van der Waals surface area contributed by atoms with Crippen LogP contribution >= 0.6 is 0 Å². The van der Waals surface area contributed by atoms with Gasteiger partial charge < -0.3 is 25.2 Å². The van der Waals surface area contributed by atoms with Crippen molar-refractivity contribution >= 4 is 18.0 Å². The van der Waals surface area contributed by atoms with Crippen LogP contribution in [0.3, 0.4) is 0 Å². The number of ether oxygens (including phenoxy) is 1. The zero-order valence-electron chi connectivity index (χ0n) is 10.9. The summed E-state index contributed by atoms with van der Waals surface area (Å²) in [5, 5.41) is 19.6. The summed E-state index contributed by atoms with van der Waals surface area (Å²) in [7, 11) is 0. The number of carbonyl (C=O) groups excluding carboxylic acids is 1. The predicted octanol–water partition coefficient (Wildman–Crippen LogP) is -0.265. The highest BCUT2D eigenvalue weighted by Gasteiger charge is 2.32. The second-order valence-corrected chi connectivity index (χ2v) is 4.97. The molecule has 1 saturated heterocycles. The van der Waals surface area contributed by atoms with Crippen molar-refractivity contribution in [1.82, 2.24) is 10.2 Å². The van der Waals surface area contributed by atoms with Crippen LogP contribution in [0.4, 0.5) is 4.79 Å². The van der Waals surface area contributed by atoms with Crippen LogP contribution in [0.15, 0.2) is 0 Å². The van der Waals surface area contributed by atoms with Gasteiger partial charge in [0.2, 0.25) is 0 Å². The molecule has 108 valence electrons. The van der Waals surface area contributed by atoms with Crippen molar-refractivity contribution in [2.75, 3.05) is 19.7 Å². The number of carboxylic acids is 2. The van der Waals surface area contributed by atoms with E-state index >= 15 is 0 Å². The van der Waals surface area contributed by atoms with E-state index < -0.39 is 36.0 Å². The van der Waals surface area contributed by atoms with Crippen molar-refractivity contribution in [1.29, 1.82) is 0 Å². The molecule has 0 aromatic rings. The predicted molar refractivity (Wildman–Crippen MR) is 63.8 cm³/mol. The molecule has 0 aliphatic carbocycles. The summed E-state index contributed by atoms with van der Waals surface area (Å²) in [5.41, 5.74) is -0.499. The Bertz CT molecular complexity index is 381. The topological polar surface area (TPSA) is 116 Å². The minimum absolute atomic E-state index is 0.318. The molecule has 0 unspecified atom stereocenters. The van der Waals surface area contributed by atoms with Gasteiger partial charge in [-0.15, -0.1) is 0 Å². The Labute approximate surface area is 110 Å². The fourth-order valence-corrected chi connectivity index (χ4v) is 1.80. The van der Waals surface area contributed by atoms with Gasteiger partial charge in [0.25, 0.3) is 0 Å². The third-order valence-corrected chi connectivity index (χ3v) is 2.69. The number of hydrogen-bond acceptors (Lipinski definition) is 4. The third kappa shape index (κ3) is 4.74. The Hall–Kier alpha value is -1.83. The van der Waals surface area contributed by atoms with E-state index in [1.165, 1.54) is 4.90 Å². The largest absolute Gasteiger partial charge is 0.481 e. The Morgan fingerprint density at radius 3 is 2.47 bits per heavy atom. The first-order chi connectivity index (χ1) is 8.71. The molecular formula is C11H18N2O6. The fourth-order valence-electron chi connectivity index (χ4n) is 1.80. The monoisotopic (exact) mass is 274 g/mol. The molecule has 8 heteroatoms. The quantitative estimate of drug-likeness (QED) is 0.650. The molecule has 3 N–H and O–H groups in total. The Morgan fingerprint density at radius 1 is 1.37 bits per heavy atom. The molecule has 0 bridgehead atoms. The van der Waals surface area contributed by atoms with Crippen LogP contribution in [-0.2, 0) is 14.3 Å². The van der Waals surface area contributed by atoms with Crippen LogP contribution in [0, 0.1) is 0 Å². The van der Waals surface area contributed by atoms with Crippen LogP contribution in [0.25, 0.3) is 0 Å². The van der Waals surface area contributed by atoms with Crippen LogP contribution < -0.4 is 5.32 Å². The number of hydrogen-bond donors (Lipinski definition) is 3. The normalized spacial score (nSPS) is 19.6. The van der Waals surface area contributed by atoms with Gasteiger partial charge in [-0.25, -0.2) is 9.59 Å². The number of urea groups is 1. The van der Waals surface area contributed by atoms with Crippen molar-refractivity contribution in [2.45, 2.75) is 31.9 Å². The lowest BCUT2D eigenvalue weighted by Crippen LogP contribution is -2.56. The van der Waals surface area contributed by atoms with E-state index in [0.717, 1.165) is 0 Å². The van der Waals surface area contributed by atoms with Crippen LogP contribution in [0.2, 0.25) is 0 Å². The van der Waals surface area contributed by atoms with Crippen molar-refractivity contribution in [3.8, 4) is 0 Å². The SMILES string of the molecule is CC1(C)CN(C(=O)N[C@@H](CC(=O)O)C(=O)O)CCO1. The van der Waals surface area contributed by atoms with Crippen molar-refractivity contribution in [3.05, 3.63) is 0 Å². The van der Waals surface area contributed by atoms with E-state index in [-0.39, 0.29) is 0 Å². The molecule has 19 heavy (non-hydrogen) atoms. The van der Waals surface area contributed by atoms with Gasteiger partial charge in [0, 0.05) is 6.54 Å². The average Bonchev–Trinajstić information content (AvgIpc) is 2.25. The zero-order chi connectivity index (χ0) is 14.6. The number of nitrogens with one attached hydrogen (secondary N) is 1. The van der Waals surface area contributed by atoms with Crippen LogP contribution in [-0.4, -0.2) is 64.4 Å². The first kappa shape index (κ1) is 15.2. The number of morpholine rings is 1. The van der Waals surface area contributed by atoms with E-state index in [9.17, 15) is 14.4 Å². The molecule has 0 aromatic carbocycles. The zero-order valence-corrected chi connectivity index (χ0v) is 10.9. The van der Waals surface area contributed by atoms with Gasteiger partial charge in [-0.1, -0.05) is 0 Å². The maximum absolute atomic E-state index is 11.9. The summed E-state index contributed by atoms with van der Waals surface area (Å²) >= 11 is 0. The molecule has 1 aliphatic rings. The third-order valence-electron chi connectivity index (χ3n) is 2.69. The molecule has 2 amide bonds. The molecule has 0 saturated carbocycles. The molecule has 1 heterocycles. The molecule has 1 aliphatic heterocycles. The molecule has 1 rings (SSSR count). The van der Waals surface area contributed by atoms with Crippen molar-refractivity contribution in [2.24, 2.45) is 0 Å². The average molecular weight is 274 g/mol. The first-order valence-electron chi connectivity index (χ1n) is 5.85. The minimum Gasteiger partial charge on any atom is -0.481 e. The van der Waals surface area contributed by atoms with Gasteiger partial charge in [-0.05, 0) is 13.8 Å². The van der Waals surface area contributed by atoms with E-state index in [1.54, 1.807) is 0 Å². The van der Waals surface area contributed by atoms with Gasteiger partial charge in [-0.2, -0.15) is 0 Å². The molecular weight excluding hydrogens is 256 g/mol. The number of amides is 2. The first-order valence-corrected chi connectivity index (χ1v) is 5.85. The molecule has 0 aromatic heterocycles. The molecule has 0 spiro atoms. The summed E-state index contributed by atoms with van der Waals surface area (Å²) in [6, 6.07) is -2.03. The summed E-state index contributed by atoms with van der Waals surface area (Å²) < 4.78 is 5.43. The number of carboxylic acid groups (broad SMARTS) is 2. The Morgan fingerprint density at radius 2 is 2.00 bits per heavy atom. The van der Waals surface area contributed by atoms with E-state index in [0.29, 0.717) is 19.7 Å². The van der Waals surface area contributed by atoms with Gasteiger partial charge in [0.15, 0.2) is 0 Å². The molecule has 8 nitrogen and oxygen atoms in total. The lowest BCUT2D eigenvalue weighted by Gasteiger charge is -2.38. The number of rotatable bonds is 4. The second kappa shape index (κ2) is 5.87. The number of nitrogens with zero attached hydrogens (tertiary/aromatic N) is 1. The van der Waals surface area contributed by atoms with Gasteiger partial charge in [0.05, 0.1) is 25.2 Å². The fraction of sp³-hybridized carbons (Fsp3) is 0.727. The summed E-state index contributed by atoms with van der Waals surface area (Å²) in [6.45, 7) is 4.65. The van der Waals surface area contributed by atoms with E-state index in [2.05, 4.69) is 5.32 Å². The van der Waals surface area contributed by atoms with E-state index in [1.807, 2.05) is 13.8 Å². The summed E-state index contributed by atoms with van der Waals surface area (Å²) in [4.78, 5) is 34.7. The lowest BCUT2D eigenvalue weighted by atomic mass is 10.1. The maximum atomic E-state index is 11.9. The van der Waals surface area contributed by atoms with Gasteiger partial charge in [0.1, 0.15) is 6.04 Å². The van der Waals surface area contributed by atoms with Crippen LogP contribution in [0.1, 0.15) is 20.3 Å². The Balaban J connectivity index is 2.61. The smallest absolute Gasteiger partial charge is 0.326 e. The number of aliphatic carboxylic acids is 2. The standard InChI is InChI=1S/C11H18N2O6/c1-11(2)6-13(3-4-19-11)10(18)12-7(9(16)17)5-8(14)15/h7H,3-6H2,1-2H3,(H,12,18)(H,14,15)(H,16,17)/t7-/m0/s1. The van der Waals surface area contributed by atoms with Crippen molar-refractivity contribution < 1.29 is 29.3 Å². The maximum Gasteiger partial charge on any atom is 0.326 e.